The van der Waals surface area contributed by atoms with Gasteiger partial charge in [0.05, 0.1) is 5.02 Å². The van der Waals surface area contributed by atoms with Crippen LogP contribution >= 0.6 is 23.2 Å². The van der Waals surface area contributed by atoms with Gasteiger partial charge in [-0.15, -0.1) is 0 Å². The fourth-order valence-corrected chi connectivity index (χ4v) is 2.59. The van der Waals surface area contributed by atoms with Crippen LogP contribution in [0.3, 0.4) is 0 Å². The highest BCUT2D eigenvalue weighted by molar-refractivity contribution is 6.35. The molecule has 0 aliphatic rings. The summed E-state index contributed by atoms with van der Waals surface area (Å²) in [5.41, 5.74) is 1.56. The number of halogens is 2. The molecule has 0 aliphatic carbocycles. The van der Waals surface area contributed by atoms with E-state index in [2.05, 4.69) is 16.0 Å². The van der Waals surface area contributed by atoms with Gasteiger partial charge in [0.15, 0.2) is 6.61 Å². The van der Waals surface area contributed by atoms with Crippen LogP contribution in [-0.2, 0) is 11.3 Å². The Bertz CT molecular complexity index is 795. The average Bonchev–Trinajstić information content (AvgIpc) is 2.59. The number of hydrogen-bond donors (Lipinski definition) is 3. The van der Waals surface area contributed by atoms with E-state index in [9.17, 15) is 9.59 Å². The molecular weight excluding hydrogens is 389 g/mol. The summed E-state index contributed by atoms with van der Waals surface area (Å²) < 4.78 is 5.38. The van der Waals surface area contributed by atoms with Crippen LogP contribution in [0.2, 0.25) is 10.0 Å². The van der Waals surface area contributed by atoms with Gasteiger partial charge < -0.3 is 20.7 Å². The molecular formula is C19H21Cl2N3O3. The minimum absolute atomic E-state index is 0.0597. The van der Waals surface area contributed by atoms with Gasteiger partial charge in [0.2, 0.25) is 0 Å². The monoisotopic (exact) mass is 409 g/mol. The quantitative estimate of drug-likeness (QED) is 0.640. The van der Waals surface area contributed by atoms with E-state index >= 15 is 0 Å². The van der Waals surface area contributed by atoms with Gasteiger partial charge >= 0.3 is 6.03 Å². The molecule has 6 nitrogen and oxygen atoms in total. The van der Waals surface area contributed by atoms with Gasteiger partial charge in [-0.1, -0.05) is 35.3 Å². The minimum atomic E-state index is -0.278. The maximum Gasteiger partial charge on any atom is 0.319 e. The summed E-state index contributed by atoms with van der Waals surface area (Å²) in [6, 6.07) is 11.8. The average molecular weight is 410 g/mol. The van der Waals surface area contributed by atoms with E-state index in [0.29, 0.717) is 28.0 Å². The van der Waals surface area contributed by atoms with Gasteiger partial charge in [0.25, 0.3) is 5.91 Å². The number of rotatable bonds is 7. The van der Waals surface area contributed by atoms with Crippen molar-refractivity contribution in [3.05, 3.63) is 58.1 Å². The number of anilines is 1. The first-order valence-corrected chi connectivity index (χ1v) is 9.10. The van der Waals surface area contributed by atoms with Crippen molar-refractivity contribution in [2.75, 3.05) is 11.9 Å². The van der Waals surface area contributed by atoms with Crippen molar-refractivity contribution in [2.45, 2.75) is 26.4 Å². The fraction of sp³-hybridized carbons (Fsp3) is 0.263. The molecule has 2 rings (SSSR count). The third kappa shape index (κ3) is 7.37. The number of carbonyl (C=O) groups excluding carboxylic acids is 2. The van der Waals surface area contributed by atoms with Crippen LogP contribution in [0.4, 0.5) is 10.5 Å². The summed E-state index contributed by atoms with van der Waals surface area (Å²) in [7, 11) is 0. The molecule has 0 bridgehead atoms. The zero-order valence-electron chi connectivity index (χ0n) is 15.0. The van der Waals surface area contributed by atoms with Crippen molar-refractivity contribution in [3.8, 4) is 5.75 Å². The molecule has 0 saturated heterocycles. The summed E-state index contributed by atoms with van der Waals surface area (Å²) in [5.74, 6) is 0.117. The third-order valence-corrected chi connectivity index (χ3v) is 3.90. The van der Waals surface area contributed by atoms with Gasteiger partial charge in [-0.25, -0.2) is 4.79 Å². The van der Waals surface area contributed by atoms with Crippen molar-refractivity contribution < 1.29 is 14.3 Å². The molecule has 0 aromatic heterocycles. The second kappa shape index (κ2) is 10.0. The van der Waals surface area contributed by atoms with Crippen LogP contribution in [0.5, 0.6) is 5.75 Å². The van der Waals surface area contributed by atoms with Crippen LogP contribution in [0.25, 0.3) is 0 Å². The third-order valence-electron chi connectivity index (χ3n) is 3.37. The molecule has 0 aliphatic heterocycles. The van der Waals surface area contributed by atoms with Crippen molar-refractivity contribution in [1.82, 2.24) is 10.6 Å². The van der Waals surface area contributed by atoms with E-state index in [0.717, 1.165) is 5.56 Å². The van der Waals surface area contributed by atoms with Gasteiger partial charge in [-0.2, -0.15) is 0 Å². The lowest BCUT2D eigenvalue weighted by atomic mass is 10.2. The van der Waals surface area contributed by atoms with E-state index < -0.39 is 0 Å². The molecule has 0 atom stereocenters. The van der Waals surface area contributed by atoms with Crippen molar-refractivity contribution in [1.29, 1.82) is 0 Å². The zero-order valence-corrected chi connectivity index (χ0v) is 16.5. The largest absolute Gasteiger partial charge is 0.482 e. The fourth-order valence-electron chi connectivity index (χ4n) is 2.12. The Morgan fingerprint density at radius 3 is 2.41 bits per heavy atom. The number of ether oxygens (including phenoxy) is 1. The number of nitrogens with one attached hydrogen (secondary N) is 3. The predicted molar refractivity (Wildman–Crippen MR) is 108 cm³/mol. The second-order valence-corrected chi connectivity index (χ2v) is 6.93. The molecule has 0 fully saturated rings. The molecule has 144 valence electrons. The number of amides is 3. The Hall–Kier alpha value is -2.44. The first-order valence-electron chi connectivity index (χ1n) is 8.34. The van der Waals surface area contributed by atoms with Gasteiger partial charge in [0.1, 0.15) is 5.75 Å². The summed E-state index contributed by atoms with van der Waals surface area (Å²) in [5, 5.41) is 9.07. The van der Waals surface area contributed by atoms with E-state index in [-0.39, 0.29) is 24.6 Å². The predicted octanol–water partition coefficient (Wildman–Crippen LogP) is 4.22. The molecule has 27 heavy (non-hydrogen) atoms. The lowest BCUT2D eigenvalue weighted by Gasteiger charge is -2.11. The molecule has 0 radical (unpaired) electrons. The Kier molecular flexibility index (Phi) is 7.76. The summed E-state index contributed by atoms with van der Waals surface area (Å²) >= 11 is 11.8. The van der Waals surface area contributed by atoms with E-state index in [4.69, 9.17) is 27.9 Å². The first kappa shape index (κ1) is 20.9. The smallest absolute Gasteiger partial charge is 0.319 e. The first-order chi connectivity index (χ1) is 12.8. The summed E-state index contributed by atoms with van der Waals surface area (Å²) in [6.07, 6.45) is 0. The Balaban J connectivity index is 1.77. The van der Waals surface area contributed by atoms with E-state index in [1.54, 1.807) is 30.3 Å². The van der Waals surface area contributed by atoms with Crippen LogP contribution in [0.1, 0.15) is 19.4 Å². The normalized spacial score (nSPS) is 10.4. The van der Waals surface area contributed by atoms with Crippen LogP contribution in [0, 0.1) is 0 Å². The maximum absolute atomic E-state index is 11.9. The molecule has 8 heteroatoms. The number of benzene rings is 2. The highest BCUT2D eigenvalue weighted by Crippen LogP contribution is 2.27. The molecule has 3 amide bonds. The van der Waals surface area contributed by atoms with Gasteiger partial charge in [-0.3, -0.25) is 4.79 Å². The topological polar surface area (TPSA) is 79.5 Å². The lowest BCUT2D eigenvalue weighted by Crippen LogP contribution is -2.34. The molecule has 0 saturated carbocycles. The molecule has 0 heterocycles. The van der Waals surface area contributed by atoms with Crippen molar-refractivity contribution in [2.24, 2.45) is 0 Å². The van der Waals surface area contributed by atoms with Gasteiger partial charge in [0, 0.05) is 23.3 Å². The van der Waals surface area contributed by atoms with Crippen molar-refractivity contribution >= 4 is 40.8 Å². The van der Waals surface area contributed by atoms with Crippen LogP contribution < -0.4 is 20.7 Å². The Morgan fingerprint density at radius 1 is 1.07 bits per heavy atom. The number of carbonyl (C=O) groups is 2. The standard InChI is InChI=1S/C19H21Cl2N3O3/c1-12(2)23-19(26)24-15-6-3-13(4-7-15)10-22-18(25)11-27-17-8-5-14(20)9-16(17)21/h3-9,12H,10-11H2,1-2H3,(H,22,25)(H2,23,24,26). The van der Waals surface area contributed by atoms with Crippen LogP contribution in [-0.4, -0.2) is 24.6 Å². The maximum atomic E-state index is 11.9. The van der Waals surface area contributed by atoms with Crippen molar-refractivity contribution in [3.63, 3.8) is 0 Å². The molecule has 2 aromatic carbocycles. The summed E-state index contributed by atoms with van der Waals surface area (Å²) in [4.78, 5) is 23.6. The minimum Gasteiger partial charge on any atom is -0.482 e. The lowest BCUT2D eigenvalue weighted by molar-refractivity contribution is -0.123. The SMILES string of the molecule is CC(C)NC(=O)Nc1ccc(CNC(=O)COc2ccc(Cl)cc2Cl)cc1. The number of urea groups is 1. The molecule has 3 N–H and O–H groups in total. The highest BCUT2D eigenvalue weighted by atomic mass is 35.5. The molecule has 0 spiro atoms. The highest BCUT2D eigenvalue weighted by Gasteiger charge is 2.07. The van der Waals surface area contributed by atoms with E-state index in [1.165, 1.54) is 0 Å². The Labute approximate surface area is 168 Å². The Morgan fingerprint density at radius 2 is 1.78 bits per heavy atom. The number of hydrogen-bond acceptors (Lipinski definition) is 3. The summed E-state index contributed by atoms with van der Waals surface area (Å²) in [6.45, 7) is 3.96. The van der Waals surface area contributed by atoms with Gasteiger partial charge in [-0.05, 0) is 49.7 Å². The second-order valence-electron chi connectivity index (χ2n) is 6.09. The zero-order chi connectivity index (χ0) is 19.8. The molecule has 0 unspecified atom stereocenters. The molecule has 2 aromatic rings. The van der Waals surface area contributed by atoms with Crippen LogP contribution in [0.15, 0.2) is 42.5 Å². The van der Waals surface area contributed by atoms with E-state index in [1.807, 2.05) is 26.0 Å².